The second-order valence-corrected chi connectivity index (χ2v) is 3.85. The predicted molar refractivity (Wildman–Crippen MR) is 104 cm³/mol. The van der Waals surface area contributed by atoms with Crippen LogP contribution in [0.1, 0.15) is 20.8 Å². The van der Waals surface area contributed by atoms with E-state index in [1.165, 1.54) is 14.0 Å². The number of allylic oxidation sites excluding steroid dienone is 6. The van der Waals surface area contributed by atoms with E-state index in [0.29, 0.717) is 6.54 Å². The number of rotatable bonds is 7. The van der Waals surface area contributed by atoms with Gasteiger partial charge in [-0.3, -0.25) is 14.8 Å². The van der Waals surface area contributed by atoms with Gasteiger partial charge in [-0.2, -0.15) is 0 Å². The Morgan fingerprint density at radius 1 is 1.17 bits per heavy atom. The molecule has 0 aliphatic heterocycles. The number of nitrogens with zero attached hydrogens (tertiary/aromatic N) is 2. The van der Waals surface area contributed by atoms with Crippen LogP contribution in [0.3, 0.4) is 0 Å². The van der Waals surface area contributed by atoms with Gasteiger partial charge in [0.15, 0.2) is 5.96 Å². The van der Waals surface area contributed by atoms with Gasteiger partial charge in [0.2, 0.25) is 0 Å². The van der Waals surface area contributed by atoms with Crippen molar-refractivity contribution >= 4 is 18.6 Å². The van der Waals surface area contributed by atoms with E-state index < -0.39 is 0 Å². The molecule has 0 aromatic carbocycles. The van der Waals surface area contributed by atoms with Crippen molar-refractivity contribution in [3.8, 4) is 0 Å². The Morgan fingerprint density at radius 3 is 2.04 bits per heavy atom. The summed E-state index contributed by atoms with van der Waals surface area (Å²) in [5.41, 5.74) is 16.3. The summed E-state index contributed by atoms with van der Waals surface area (Å²) in [6.45, 7) is 13.0. The maximum Gasteiger partial charge on any atom is 0.302 e. The molecule has 0 aromatic rings. The summed E-state index contributed by atoms with van der Waals surface area (Å²) < 4.78 is 4.54. The summed E-state index contributed by atoms with van der Waals surface area (Å²) >= 11 is 0. The number of aliphatic imine (C=N–C) groups is 2. The second kappa shape index (κ2) is 20.3. The van der Waals surface area contributed by atoms with Gasteiger partial charge >= 0.3 is 5.97 Å². The SMILES string of the molecule is C=CC(/C=C\C)=C(\C=C/C)N=C.CC(=O)OCCN=C(N)N.CN. The minimum Gasteiger partial charge on any atom is -0.464 e. The van der Waals surface area contributed by atoms with Crippen molar-refractivity contribution in [1.82, 2.24) is 0 Å². The number of hydrogen-bond donors (Lipinski definition) is 3. The number of carbonyl (C=O) groups is 1. The zero-order valence-corrected chi connectivity index (χ0v) is 15.2. The van der Waals surface area contributed by atoms with Crippen LogP contribution in [-0.2, 0) is 9.53 Å². The monoisotopic (exact) mass is 337 g/mol. The van der Waals surface area contributed by atoms with Gasteiger partial charge < -0.3 is 21.9 Å². The van der Waals surface area contributed by atoms with Crippen LogP contribution in [0, 0.1) is 0 Å². The minimum absolute atomic E-state index is 0.00662. The van der Waals surface area contributed by atoms with Crippen molar-refractivity contribution in [1.29, 1.82) is 0 Å². The summed E-state index contributed by atoms with van der Waals surface area (Å²) in [6.07, 6.45) is 9.51. The van der Waals surface area contributed by atoms with Crippen LogP contribution in [0.15, 0.2) is 58.2 Å². The van der Waals surface area contributed by atoms with Gasteiger partial charge in [0.25, 0.3) is 0 Å². The Bertz CT molecular complexity index is 447. The molecule has 0 rings (SSSR count). The largest absolute Gasteiger partial charge is 0.464 e. The van der Waals surface area contributed by atoms with Crippen LogP contribution in [0.5, 0.6) is 0 Å². The third kappa shape index (κ3) is 19.3. The van der Waals surface area contributed by atoms with Crippen molar-refractivity contribution in [3.05, 3.63) is 48.2 Å². The lowest BCUT2D eigenvalue weighted by atomic mass is 10.2. The van der Waals surface area contributed by atoms with Crippen LogP contribution in [0.25, 0.3) is 0 Å². The third-order valence-electron chi connectivity index (χ3n) is 2.05. The standard InChI is InChI=1S/C11H15N.C5H11N3O2.CH5N/c1-5-8-10(7-3)11(12-4)9-6-2;1-4(9)10-3-2-8-5(6)7;1-2/h5-9H,3-4H2,1-2H3;2-3H2,1H3,(H4,6,7,8);2H2,1H3/b8-5-,9-6-,11-10-;;. The average Bonchev–Trinajstić information content (AvgIpc) is 2.57. The Balaban J connectivity index is -0.000000337. The summed E-state index contributed by atoms with van der Waals surface area (Å²) in [7, 11) is 1.50. The molecule has 0 bridgehead atoms. The van der Waals surface area contributed by atoms with E-state index in [-0.39, 0.29) is 18.5 Å². The van der Waals surface area contributed by atoms with Gasteiger partial charge in [-0.15, -0.1) is 0 Å². The Morgan fingerprint density at radius 2 is 1.71 bits per heavy atom. The molecule has 0 amide bonds. The highest BCUT2D eigenvalue weighted by molar-refractivity contribution is 5.75. The lowest BCUT2D eigenvalue weighted by Gasteiger charge is -1.97. The van der Waals surface area contributed by atoms with Crippen LogP contribution in [-0.4, -0.2) is 38.8 Å². The molecule has 7 nitrogen and oxygen atoms in total. The fourth-order valence-corrected chi connectivity index (χ4v) is 1.20. The van der Waals surface area contributed by atoms with Gasteiger partial charge in [0, 0.05) is 6.92 Å². The zero-order valence-electron chi connectivity index (χ0n) is 15.2. The van der Waals surface area contributed by atoms with Crippen molar-refractivity contribution in [3.63, 3.8) is 0 Å². The molecule has 0 heterocycles. The summed E-state index contributed by atoms with van der Waals surface area (Å²) in [5, 5.41) is 0. The molecule has 6 N–H and O–H groups in total. The summed E-state index contributed by atoms with van der Waals surface area (Å²) in [6, 6.07) is 0. The maximum atomic E-state index is 10.2. The van der Waals surface area contributed by atoms with E-state index in [9.17, 15) is 4.79 Å². The highest BCUT2D eigenvalue weighted by Crippen LogP contribution is 2.09. The van der Waals surface area contributed by atoms with Gasteiger partial charge in [-0.1, -0.05) is 30.9 Å². The van der Waals surface area contributed by atoms with Crippen molar-refractivity contribution in [2.75, 3.05) is 20.2 Å². The van der Waals surface area contributed by atoms with Crippen LogP contribution in [0.2, 0.25) is 0 Å². The number of nitrogens with two attached hydrogens (primary N) is 3. The molecule has 7 heteroatoms. The van der Waals surface area contributed by atoms with E-state index in [1.807, 2.05) is 38.2 Å². The molecule has 136 valence electrons. The topological polar surface area (TPSA) is 129 Å². The van der Waals surface area contributed by atoms with Crippen molar-refractivity contribution in [2.24, 2.45) is 27.2 Å². The molecule has 0 aliphatic rings. The fourth-order valence-electron chi connectivity index (χ4n) is 1.20. The number of hydrogen-bond acceptors (Lipinski definition) is 5. The normalized spacial score (nSPS) is 10.5. The van der Waals surface area contributed by atoms with E-state index in [2.05, 4.69) is 33.8 Å². The van der Waals surface area contributed by atoms with Crippen molar-refractivity contribution < 1.29 is 9.53 Å². The van der Waals surface area contributed by atoms with E-state index in [0.717, 1.165) is 11.3 Å². The smallest absolute Gasteiger partial charge is 0.302 e. The fraction of sp³-hybridized carbons (Fsp3) is 0.353. The quantitative estimate of drug-likeness (QED) is 0.214. The third-order valence-corrected chi connectivity index (χ3v) is 2.05. The van der Waals surface area contributed by atoms with Gasteiger partial charge in [-0.25, -0.2) is 0 Å². The highest BCUT2D eigenvalue weighted by atomic mass is 16.5. The number of ether oxygens (including phenoxy) is 1. The molecule has 0 saturated heterocycles. The first-order valence-electron chi connectivity index (χ1n) is 7.28. The predicted octanol–water partition coefficient (Wildman–Crippen LogP) is 1.68. The molecule has 0 radical (unpaired) electrons. The van der Waals surface area contributed by atoms with E-state index in [4.69, 9.17) is 11.5 Å². The first-order chi connectivity index (χ1) is 11.4. The molecule has 0 fully saturated rings. The molecular weight excluding hydrogens is 306 g/mol. The molecule has 24 heavy (non-hydrogen) atoms. The number of carbonyl (C=O) groups excluding carboxylic acids is 1. The molecule has 0 aliphatic carbocycles. The number of esters is 1. The van der Waals surface area contributed by atoms with Crippen LogP contribution < -0.4 is 17.2 Å². The lowest BCUT2D eigenvalue weighted by Crippen LogP contribution is -2.23. The Labute approximate surface area is 145 Å². The van der Waals surface area contributed by atoms with Crippen molar-refractivity contribution in [2.45, 2.75) is 20.8 Å². The second-order valence-electron chi connectivity index (χ2n) is 3.85. The molecule has 0 unspecified atom stereocenters. The van der Waals surface area contributed by atoms with Gasteiger partial charge in [0.1, 0.15) is 6.61 Å². The molecular formula is C17H31N5O2. The first-order valence-corrected chi connectivity index (χ1v) is 7.28. The van der Waals surface area contributed by atoms with Crippen LogP contribution >= 0.6 is 0 Å². The molecule has 0 atom stereocenters. The molecule has 0 aromatic heterocycles. The zero-order chi connectivity index (χ0) is 19.4. The van der Waals surface area contributed by atoms with E-state index in [1.54, 1.807) is 6.08 Å². The summed E-state index contributed by atoms with van der Waals surface area (Å²) in [4.78, 5) is 17.6. The highest BCUT2D eigenvalue weighted by Gasteiger charge is 1.92. The van der Waals surface area contributed by atoms with Crippen LogP contribution in [0.4, 0.5) is 0 Å². The van der Waals surface area contributed by atoms with Gasteiger partial charge in [0.05, 0.1) is 12.2 Å². The van der Waals surface area contributed by atoms with E-state index >= 15 is 0 Å². The molecule has 0 saturated carbocycles. The Kier molecular flexibility index (Phi) is 22.2. The minimum atomic E-state index is -0.328. The van der Waals surface area contributed by atoms with Gasteiger partial charge in [-0.05, 0) is 39.3 Å². The molecule has 0 spiro atoms. The first kappa shape index (κ1) is 26.2. The summed E-state index contributed by atoms with van der Waals surface area (Å²) in [5.74, 6) is -0.321. The maximum absolute atomic E-state index is 10.2. The average molecular weight is 337 g/mol. The lowest BCUT2D eigenvalue weighted by molar-refractivity contribution is -0.140. The Hall–Kier alpha value is -2.67. The number of guanidine groups is 1.